The number of amides is 1. The third-order valence-electron chi connectivity index (χ3n) is 10.8. The van der Waals surface area contributed by atoms with Crippen molar-refractivity contribution in [2.45, 2.75) is 25.4 Å². The Morgan fingerprint density at radius 3 is 1.79 bits per heavy atom. The second-order valence-electron chi connectivity index (χ2n) is 14.8. The van der Waals surface area contributed by atoms with Crippen LogP contribution >= 0.6 is 0 Å². The van der Waals surface area contributed by atoms with Crippen LogP contribution in [0, 0.1) is 23.5 Å². The number of aromatic nitrogens is 4. The molecule has 3 aliphatic heterocycles. The van der Waals surface area contributed by atoms with Gasteiger partial charge >= 0.3 is 6.09 Å². The number of anilines is 2. The first kappa shape index (κ1) is 38.7. The van der Waals surface area contributed by atoms with Gasteiger partial charge in [-0.25, -0.2) is 33.5 Å². The minimum absolute atomic E-state index is 0.0829. The molecule has 4 aromatic carbocycles. The summed E-state index contributed by atoms with van der Waals surface area (Å²) in [5.41, 5.74) is 8.13. The smallest absolute Gasteiger partial charge is 0.407 e. The largest absolute Gasteiger partial charge is 0.507 e. The number of halogens is 2. The number of aromatic hydroxyl groups is 2. The molecular formula is C43H44F2N8O5. The molecule has 0 saturated carbocycles. The Hall–Kier alpha value is -6.19. The average molecular weight is 791 g/mol. The molecule has 0 bridgehead atoms. The van der Waals surface area contributed by atoms with E-state index in [1.165, 1.54) is 24.3 Å². The highest BCUT2D eigenvalue weighted by atomic mass is 19.1. The molecule has 9 rings (SSSR count). The van der Waals surface area contributed by atoms with Crippen molar-refractivity contribution in [2.75, 3.05) is 62.3 Å². The van der Waals surface area contributed by atoms with Crippen molar-refractivity contribution >= 4 is 39.5 Å². The van der Waals surface area contributed by atoms with Gasteiger partial charge < -0.3 is 40.5 Å². The van der Waals surface area contributed by atoms with E-state index in [2.05, 4.69) is 30.1 Å². The zero-order valence-corrected chi connectivity index (χ0v) is 31.7. The first-order valence-electron chi connectivity index (χ1n) is 19.5. The summed E-state index contributed by atoms with van der Waals surface area (Å²) < 4.78 is 38.4. The normalized spacial score (nSPS) is 19.1. The lowest BCUT2D eigenvalue weighted by molar-refractivity contribution is 0.0825. The summed E-state index contributed by atoms with van der Waals surface area (Å²) >= 11 is 0. The number of hydrogen-bond acceptors (Lipinski definition) is 12. The summed E-state index contributed by atoms with van der Waals surface area (Å²) in [7, 11) is 0. The van der Waals surface area contributed by atoms with Gasteiger partial charge in [0.2, 0.25) is 0 Å². The number of benzene rings is 4. The highest BCUT2D eigenvalue weighted by molar-refractivity contribution is 5.92. The van der Waals surface area contributed by atoms with Gasteiger partial charge in [-0.15, -0.1) is 0 Å². The zero-order chi connectivity index (χ0) is 40.2. The number of carbonyl (C=O) groups is 1. The molecule has 0 aliphatic carbocycles. The topological polar surface area (TPSA) is 172 Å². The summed E-state index contributed by atoms with van der Waals surface area (Å²) in [5.74, 6) is 2.26. The number of nitrogens with two attached hydrogens (primary N) is 1. The molecule has 3 atom stereocenters. The van der Waals surface area contributed by atoms with Gasteiger partial charge in [0.1, 0.15) is 40.9 Å². The van der Waals surface area contributed by atoms with Crippen molar-refractivity contribution in [1.82, 2.24) is 25.3 Å². The van der Waals surface area contributed by atoms with E-state index in [1.54, 1.807) is 54.6 Å². The molecule has 5 heterocycles. The van der Waals surface area contributed by atoms with Crippen LogP contribution in [0.5, 0.6) is 11.5 Å². The highest BCUT2D eigenvalue weighted by Gasteiger charge is 2.28. The molecule has 15 heteroatoms. The third-order valence-corrected chi connectivity index (χ3v) is 10.8. The van der Waals surface area contributed by atoms with Crippen LogP contribution in [0.2, 0.25) is 0 Å². The zero-order valence-electron chi connectivity index (χ0n) is 31.7. The SMILES string of the molecule is NC[C@@H]1CCN(c2nc(-c3ccccc3O)nc3ccc(F)cc23)C1.O=C(NC[C@@H]1CCN(c2nc(-c3ccccc3O)nc3ccc(F)cc23)C1)O[C@@H]1CCOC1. The molecule has 5 N–H and O–H groups in total. The molecule has 58 heavy (non-hydrogen) atoms. The molecule has 3 saturated heterocycles. The van der Waals surface area contributed by atoms with Gasteiger partial charge in [0.25, 0.3) is 0 Å². The number of para-hydroxylation sites is 2. The van der Waals surface area contributed by atoms with Gasteiger partial charge in [0.05, 0.1) is 35.4 Å². The number of alkyl carbamates (subject to hydrolysis) is 1. The number of ether oxygens (including phenoxy) is 2. The minimum Gasteiger partial charge on any atom is -0.507 e. The second-order valence-corrected chi connectivity index (χ2v) is 14.8. The van der Waals surface area contributed by atoms with Gasteiger partial charge in [-0.2, -0.15) is 0 Å². The lowest BCUT2D eigenvalue weighted by atomic mass is 10.1. The number of rotatable bonds is 8. The predicted octanol–water partition coefficient (Wildman–Crippen LogP) is 6.41. The van der Waals surface area contributed by atoms with E-state index in [0.29, 0.717) is 102 Å². The molecule has 13 nitrogen and oxygen atoms in total. The van der Waals surface area contributed by atoms with E-state index in [0.717, 1.165) is 32.4 Å². The summed E-state index contributed by atoms with van der Waals surface area (Å²) in [5, 5.41) is 24.6. The molecule has 3 fully saturated rings. The fourth-order valence-electron chi connectivity index (χ4n) is 7.65. The van der Waals surface area contributed by atoms with Crippen LogP contribution in [0.1, 0.15) is 19.3 Å². The molecule has 0 spiro atoms. The van der Waals surface area contributed by atoms with Crippen molar-refractivity contribution in [3.63, 3.8) is 0 Å². The Morgan fingerprint density at radius 1 is 0.759 bits per heavy atom. The number of fused-ring (bicyclic) bond motifs is 2. The maximum Gasteiger partial charge on any atom is 0.407 e. The predicted molar refractivity (Wildman–Crippen MR) is 217 cm³/mol. The Labute approximate surface area is 333 Å². The molecule has 0 radical (unpaired) electrons. The third kappa shape index (κ3) is 8.55. The van der Waals surface area contributed by atoms with E-state index in [9.17, 15) is 23.8 Å². The summed E-state index contributed by atoms with van der Waals surface area (Å²) in [6.07, 6.45) is 1.95. The van der Waals surface area contributed by atoms with E-state index >= 15 is 0 Å². The van der Waals surface area contributed by atoms with Crippen molar-refractivity contribution in [2.24, 2.45) is 17.6 Å². The van der Waals surface area contributed by atoms with E-state index in [1.807, 2.05) is 6.07 Å². The second kappa shape index (κ2) is 17.1. The molecule has 1 amide bonds. The van der Waals surface area contributed by atoms with Crippen molar-refractivity contribution in [3.05, 3.63) is 96.6 Å². The monoisotopic (exact) mass is 790 g/mol. The van der Waals surface area contributed by atoms with E-state index in [4.69, 9.17) is 20.2 Å². The van der Waals surface area contributed by atoms with Crippen molar-refractivity contribution < 1.29 is 33.3 Å². The Bertz CT molecular complexity index is 2430. The molecule has 2 aromatic heterocycles. The highest BCUT2D eigenvalue weighted by Crippen LogP contribution is 2.35. The molecular weight excluding hydrogens is 747 g/mol. The van der Waals surface area contributed by atoms with Crippen molar-refractivity contribution in [1.29, 1.82) is 0 Å². The summed E-state index contributed by atoms with van der Waals surface area (Å²) in [6.45, 7) is 5.14. The van der Waals surface area contributed by atoms with Gasteiger partial charge in [-0.3, -0.25) is 0 Å². The van der Waals surface area contributed by atoms with Crippen LogP contribution in [-0.2, 0) is 9.47 Å². The standard InChI is InChI=1S/C24H25FN4O4.C19H19FN4O/c25-16-5-6-20-19(11-16)23(28-22(27-20)18-3-1-2-4-21(18)30)29-9-7-15(13-29)12-26-24(31)33-17-8-10-32-14-17;20-13-5-6-16-15(9-13)19(24-8-7-12(10-21)11-24)23-18(22-16)14-3-1-2-4-17(14)25/h1-6,11,15,17,30H,7-10,12-14H2,(H,26,31);1-6,9,12,25H,7-8,10-11,21H2/t15-,17+;12-/m00/s1. The molecule has 300 valence electrons. The number of nitrogens with one attached hydrogen (secondary N) is 1. The van der Waals surface area contributed by atoms with E-state index in [-0.39, 0.29) is 35.2 Å². The fraction of sp³-hybridized carbons (Fsp3) is 0.326. The average Bonchev–Trinajstić information content (AvgIpc) is 4.04. The summed E-state index contributed by atoms with van der Waals surface area (Å²) in [6, 6.07) is 22.8. The number of hydrogen-bond donors (Lipinski definition) is 4. The lowest BCUT2D eigenvalue weighted by Crippen LogP contribution is -2.34. The molecule has 3 aliphatic rings. The van der Waals surface area contributed by atoms with Crippen LogP contribution in [0.3, 0.4) is 0 Å². The quantitative estimate of drug-likeness (QED) is 0.134. The Balaban J connectivity index is 0.000000168. The van der Waals surface area contributed by atoms with Crippen LogP contribution in [0.15, 0.2) is 84.9 Å². The number of carbonyl (C=O) groups excluding carboxylic acids is 1. The van der Waals surface area contributed by atoms with Crippen LogP contribution in [0.4, 0.5) is 25.2 Å². The van der Waals surface area contributed by atoms with Gasteiger partial charge in [-0.05, 0) is 91.9 Å². The van der Waals surface area contributed by atoms with Crippen molar-refractivity contribution in [3.8, 4) is 34.3 Å². The Kier molecular flexibility index (Phi) is 11.4. The van der Waals surface area contributed by atoms with E-state index < -0.39 is 6.09 Å². The number of phenolic OH excluding ortho intramolecular Hbond substituents is 2. The number of phenols is 2. The first-order chi connectivity index (χ1) is 28.2. The molecule has 6 aromatic rings. The maximum absolute atomic E-state index is 14.1. The number of nitrogens with zero attached hydrogens (tertiary/aromatic N) is 6. The van der Waals surface area contributed by atoms with Gasteiger partial charge in [0.15, 0.2) is 11.6 Å². The van der Waals surface area contributed by atoms with Gasteiger partial charge in [-0.1, -0.05) is 24.3 Å². The lowest BCUT2D eigenvalue weighted by Gasteiger charge is -2.21. The maximum atomic E-state index is 14.1. The van der Waals surface area contributed by atoms with Crippen LogP contribution < -0.4 is 20.9 Å². The Morgan fingerprint density at radius 2 is 1.29 bits per heavy atom. The summed E-state index contributed by atoms with van der Waals surface area (Å²) in [4.78, 5) is 34.7. The minimum atomic E-state index is -0.430. The first-order valence-corrected chi connectivity index (χ1v) is 19.5. The van der Waals surface area contributed by atoms with Gasteiger partial charge in [0, 0.05) is 49.9 Å². The van der Waals surface area contributed by atoms with Crippen LogP contribution in [-0.4, -0.2) is 94.8 Å². The molecule has 0 unspecified atom stereocenters. The fourth-order valence-corrected chi connectivity index (χ4v) is 7.65. The van der Waals surface area contributed by atoms with Crippen LogP contribution in [0.25, 0.3) is 44.6 Å².